The van der Waals surface area contributed by atoms with Crippen LogP contribution < -0.4 is 15.5 Å². The number of carbonyl (C=O) groups is 1. The second-order valence-electron chi connectivity index (χ2n) is 7.99. The van der Waals surface area contributed by atoms with Crippen molar-refractivity contribution in [1.82, 2.24) is 15.3 Å². The Morgan fingerprint density at radius 3 is 2.41 bits per heavy atom. The van der Waals surface area contributed by atoms with Gasteiger partial charge in [-0.2, -0.15) is 0 Å². The molecule has 0 unspecified atom stereocenters. The SMILES string of the molecule is O=Cc1cnc2ccc(-c3cc(Cl)c(O)c(Cl)c3)cc2c1Nc1ccc(N2CCNCC2)nc1. The minimum Gasteiger partial charge on any atom is -0.505 e. The maximum Gasteiger partial charge on any atom is 0.153 e. The molecule has 1 aliphatic rings. The fraction of sp³-hybridized carbons (Fsp3) is 0.160. The molecule has 4 aromatic rings. The third kappa shape index (κ3) is 4.37. The summed E-state index contributed by atoms with van der Waals surface area (Å²) in [4.78, 5) is 23.1. The van der Waals surface area contributed by atoms with Crippen molar-refractivity contribution < 1.29 is 9.90 Å². The number of pyridine rings is 2. The Labute approximate surface area is 206 Å². The van der Waals surface area contributed by atoms with Crippen molar-refractivity contribution in [3.63, 3.8) is 0 Å². The average Bonchev–Trinajstić information content (AvgIpc) is 2.88. The van der Waals surface area contributed by atoms with Crippen LogP contribution in [-0.2, 0) is 0 Å². The maximum absolute atomic E-state index is 11.8. The van der Waals surface area contributed by atoms with E-state index in [4.69, 9.17) is 23.2 Å². The number of benzene rings is 2. The van der Waals surface area contributed by atoms with Crippen molar-refractivity contribution in [2.24, 2.45) is 0 Å². The highest BCUT2D eigenvalue weighted by Gasteiger charge is 2.14. The molecule has 3 heterocycles. The highest BCUT2D eigenvalue weighted by Crippen LogP contribution is 2.38. The number of halogens is 2. The largest absolute Gasteiger partial charge is 0.505 e. The summed E-state index contributed by atoms with van der Waals surface area (Å²) in [7, 11) is 0. The Balaban J connectivity index is 1.53. The van der Waals surface area contributed by atoms with E-state index < -0.39 is 0 Å². The van der Waals surface area contributed by atoms with E-state index >= 15 is 0 Å². The van der Waals surface area contributed by atoms with Crippen molar-refractivity contribution in [2.75, 3.05) is 36.4 Å². The standard InChI is InChI=1S/C25H21Cl2N5O2/c26-20-10-16(11-21(27)25(20)34)15-1-3-22-19(9-15)24(17(14-33)12-29-22)31-18-2-4-23(30-13-18)32-7-5-28-6-8-32/h1-4,9-14,28,34H,5-8H2,(H,29,31). The molecule has 5 rings (SSSR count). The highest BCUT2D eigenvalue weighted by molar-refractivity contribution is 6.37. The number of hydrogen-bond donors (Lipinski definition) is 3. The van der Waals surface area contributed by atoms with E-state index in [1.54, 1.807) is 24.5 Å². The molecule has 0 amide bonds. The van der Waals surface area contributed by atoms with Crippen LogP contribution in [0.1, 0.15) is 10.4 Å². The molecule has 1 fully saturated rings. The maximum atomic E-state index is 11.8. The van der Waals surface area contributed by atoms with Crippen LogP contribution in [0.2, 0.25) is 10.0 Å². The molecule has 0 atom stereocenters. The topological polar surface area (TPSA) is 90.4 Å². The Hall–Kier alpha value is -3.39. The molecule has 0 aliphatic carbocycles. The van der Waals surface area contributed by atoms with E-state index in [0.717, 1.165) is 66.0 Å². The molecule has 1 saturated heterocycles. The van der Waals surface area contributed by atoms with Gasteiger partial charge in [0.05, 0.1) is 38.7 Å². The van der Waals surface area contributed by atoms with Gasteiger partial charge < -0.3 is 20.6 Å². The van der Waals surface area contributed by atoms with E-state index in [-0.39, 0.29) is 15.8 Å². The second-order valence-corrected chi connectivity index (χ2v) is 8.81. The van der Waals surface area contributed by atoms with Crippen LogP contribution in [-0.4, -0.2) is 47.5 Å². The van der Waals surface area contributed by atoms with Gasteiger partial charge in [0, 0.05) is 37.8 Å². The van der Waals surface area contributed by atoms with Gasteiger partial charge in [-0.3, -0.25) is 9.78 Å². The van der Waals surface area contributed by atoms with Crippen molar-refractivity contribution >= 4 is 57.6 Å². The number of carbonyl (C=O) groups excluding carboxylic acids is 1. The van der Waals surface area contributed by atoms with Crippen LogP contribution in [0.15, 0.2) is 54.9 Å². The molecule has 7 nitrogen and oxygen atoms in total. The summed E-state index contributed by atoms with van der Waals surface area (Å²) < 4.78 is 0. The van der Waals surface area contributed by atoms with Gasteiger partial charge in [-0.1, -0.05) is 29.3 Å². The molecule has 2 aromatic carbocycles. The lowest BCUT2D eigenvalue weighted by molar-refractivity contribution is 0.112. The lowest BCUT2D eigenvalue weighted by Crippen LogP contribution is -2.43. The number of nitrogens with one attached hydrogen (secondary N) is 2. The fourth-order valence-electron chi connectivity index (χ4n) is 4.03. The van der Waals surface area contributed by atoms with Crippen LogP contribution in [0, 0.1) is 0 Å². The quantitative estimate of drug-likeness (QED) is 0.326. The molecule has 34 heavy (non-hydrogen) atoms. The second kappa shape index (κ2) is 9.46. The predicted octanol–water partition coefficient (Wildman–Crippen LogP) is 5.27. The first-order valence-electron chi connectivity index (χ1n) is 10.8. The summed E-state index contributed by atoms with van der Waals surface area (Å²) in [6, 6.07) is 12.9. The molecule has 172 valence electrons. The van der Waals surface area contributed by atoms with E-state index in [0.29, 0.717) is 11.3 Å². The molecule has 0 spiro atoms. The fourth-order valence-corrected chi connectivity index (χ4v) is 4.52. The Bertz CT molecular complexity index is 1350. The zero-order valence-corrected chi connectivity index (χ0v) is 19.6. The van der Waals surface area contributed by atoms with E-state index in [2.05, 4.69) is 25.5 Å². The molecule has 0 bridgehead atoms. The molecular formula is C25H21Cl2N5O2. The normalized spacial score (nSPS) is 13.8. The summed E-state index contributed by atoms with van der Waals surface area (Å²) in [6.07, 6.45) is 4.09. The molecule has 0 saturated carbocycles. The third-order valence-electron chi connectivity index (χ3n) is 5.83. The number of phenols is 1. The van der Waals surface area contributed by atoms with E-state index in [9.17, 15) is 9.90 Å². The summed E-state index contributed by atoms with van der Waals surface area (Å²) in [5.74, 6) is 0.766. The van der Waals surface area contributed by atoms with Gasteiger partial charge in [0.25, 0.3) is 0 Å². The summed E-state index contributed by atoms with van der Waals surface area (Å²) in [5, 5.41) is 17.7. The van der Waals surface area contributed by atoms with E-state index in [1.165, 1.54) is 0 Å². The zero-order chi connectivity index (χ0) is 23.7. The van der Waals surface area contributed by atoms with Gasteiger partial charge in [0.15, 0.2) is 12.0 Å². The highest BCUT2D eigenvalue weighted by atomic mass is 35.5. The Morgan fingerprint density at radius 1 is 0.971 bits per heavy atom. The van der Waals surface area contributed by atoms with Crippen molar-refractivity contribution in [1.29, 1.82) is 0 Å². The molecular weight excluding hydrogens is 473 g/mol. The van der Waals surface area contributed by atoms with Gasteiger partial charge in [0.2, 0.25) is 0 Å². The number of aromatic hydroxyl groups is 1. The number of piperazine rings is 1. The van der Waals surface area contributed by atoms with Gasteiger partial charge in [-0.15, -0.1) is 0 Å². The number of aldehydes is 1. The molecule has 0 radical (unpaired) electrons. The predicted molar refractivity (Wildman–Crippen MR) is 137 cm³/mol. The first-order chi connectivity index (χ1) is 16.5. The van der Waals surface area contributed by atoms with Crippen LogP contribution in [0.4, 0.5) is 17.2 Å². The van der Waals surface area contributed by atoms with Gasteiger partial charge in [-0.25, -0.2) is 4.98 Å². The number of nitrogens with zero attached hydrogens (tertiary/aromatic N) is 3. The Kier molecular flexibility index (Phi) is 6.24. The number of phenolic OH excluding ortho intramolecular Hbond substituents is 1. The molecule has 3 N–H and O–H groups in total. The van der Waals surface area contributed by atoms with Crippen LogP contribution in [0.3, 0.4) is 0 Å². The monoisotopic (exact) mass is 493 g/mol. The van der Waals surface area contributed by atoms with Crippen molar-refractivity contribution in [2.45, 2.75) is 0 Å². The lowest BCUT2D eigenvalue weighted by atomic mass is 10.0. The third-order valence-corrected chi connectivity index (χ3v) is 6.41. The number of rotatable bonds is 5. The van der Waals surface area contributed by atoms with Gasteiger partial charge >= 0.3 is 0 Å². The first-order valence-corrected chi connectivity index (χ1v) is 11.5. The summed E-state index contributed by atoms with van der Waals surface area (Å²) in [6.45, 7) is 3.70. The minimum atomic E-state index is -0.156. The lowest BCUT2D eigenvalue weighted by Gasteiger charge is -2.28. The first kappa shape index (κ1) is 22.4. The van der Waals surface area contributed by atoms with Crippen LogP contribution >= 0.6 is 23.2 Å². The van der Waals surface area contributed by atoms with E-state index in [1.807, 2.05) is 30.3 Å². The van der Waals surface area contributed by atoms with Crippen molar-refractivity contribution in [3.05, 3.63) is 70.5 Å². The van der Waals surface area contributed by atoms with Gasteiger partial charge in [-0.05, 0) is 47.5 Å². The summed E-state index contributed by atoms with van der Waals surface area (Å²) in [5.41, 5.74) is 4.09. The van der Waals surface area contributed by atoms with Crippen LogP contribution in [0.25, 0.3) is 22.0 Å². The molecule has 2 aromatic heterocycles. The average molecular weight is 494 g/mol. The number of aromatic nitrogens is 2. The number of hydrogen-bond acceptors (Lipinski definition) is 7. The molecule has 1 aliphatic heterocycles. The molecule has 9 heteroatoms. The summed E-state index contributed by atoms with van der Waals surface area (Å²) >= 11 is 12.2. The minimum absolute atomic E-state index is 0.156. The van der Waals surface area contributed by atoms with Gasteiger partial charge in [0.1, 0.15) is 5.82 Å². The smallest absolute Gasteiger partial charge is 0.153 e. The van der Waals surface area contributed by atoms with Crippen molar-refractivity contribution in [3.8, 4) is 16.9 Å². The zero-order valence-electron chi connectivity index (χ0n) is 18.1. The Morgan fingerprint density at radius 2 is 1.74 bits per heavy atom. The van der Waals surface area contributed by atoms with Crippen LogP contribution in [0.5, 0.6) is 5.75 Å². The number of anilines is 3. The number of fused-ring (bicyclic) bond motifs is 1.